The number of aromatic nitrogens is 2. The molecule has 1 aromatic rings. The van der Waals surface area contributed by atoms with Crippen LogP contribution in [0.2, 0.25) is 0 Å². The van der Waals surface area contributed by atoms with E-state index in [4.69, 9.17) is 0 Å². The quantitative estimate of drug-likeness (QED) is 0.824. The summed E-state index contributed by atoms with van der Waals surface area (Å²) in [5.41, 5.74) is 0.726. The van der Waals surface area contributed by atoms with Crippen molar-refractivity contribution in [1.29, 1.82) is 0 Å². The summed E-state index contributed by atoms with van der Waals surface area (Å²) in [4.78, 5) is 16.8. The Kier molecular flexibility index (Phi) is 6.21. The molecular weight excluding hydrogens is 280 g/mol. The largest absolute Gasteiger partial charge is 0.336 e. The molecule has 1 aliphatic heterocycles. The molecule has 0 aliphatic carbocycles. The van der Waals surface area contributed by atoms with Gasteiger partial charge >= 0.3 is 6.03 Å². The van der Waals surface area contributed by atoms with Crippen molar-refractivity contribution < 1.29 is 4.79 Å². The fourth-order valence-electron chi connectivity index (χ4n) is 2.67. The molecule has 1 aliphatic rings. The summed E-state index contributed by atoms with van der Waals surface area (Å²) in [6, 6.07) is 0.179. The van der Waals surface area contributed by atoms with E-state index in [1.54, 1.807) is 10.9 Å². The number of amides is 2. The van der Waals surface area contributed by atoms with Gasteiger partial charge in [-0.15, -0.1) is 0 Å². The van der Waals surface area contributed by atoms with Crippen LogP contribution in [0, 0.1) is 0 Å². The molecule has 2 rings (SSSR count). The van der Waals surface area contributed by atoms with Crippen molar-refractivity contribution in [2.75, 3.05) is 44.6 Å². The van der Waals surface area contributed by atoms with E-state index in [0.29, 0.717) is 12.6 Å². The van der Waals surface area contributed by atoms with E-state index in [1.165, 1.54) is 0 Å². The summed E-state index contributed by atoms with van der Waals surface area (Å²) < 4.78 is 1.78. The molecule has 1 fully saturated rings. The second-order valence-corrected chi connectivity index (χ2v) is 5.74. The Labute approximate surface area is 132 Å². The standard InChI is InChI=1S/C15H28N6O/c1-4-19-6-8-20(9-7-19)13(3)10-16-15(22)18-14-11-17-21(5-2)12-14/h11-13H,4-10H2,1-3H3,(H2,16,18,22)/t13-/m0/s1. The first-order chi connectivity index (χ1) is 10.6. The number of hydrogen-bond acceptors (Lipinski definition) is 4. The van der Waals surface area contributed by atoms with E-state index < -0.39 is 0 Å². The molecule has 2 amide bonds. The van der Waals surface area contributed by atoms with Crippen LogP contribution in [0.1, 0.15) is 20.8 Å². The van der Waals surface area contributed by atoms with Crippen LogP contribution in [-0.4, -0.2) is 70.9 Å². The molecule has 0 unspecified atom stereocenters. The van der Waals surface area contributed by atoms with E-state index in [-0.39, 0.29) is 6.03 Å². The number of nitrogens with one attached hydrogen (secondary N) is 2. The topological polar surface area (TPSA) is 65.4 Å². The predicted molar refractivity (Wildman–Crippen MR) is 88.1 cm³/mol. The number of aryl methyl sites for hydroxylation is 1. The van der Waals surface area contributed by atoms with Gasteiger partial charge in [-0.3, -0.25) is 9.58 Å². The second kappa shape index (κ2) is 8.14. The Hall–Kier alpha value is -1.60. The molecule has 124 valence electrons. The highest BCUT2D eigenvalue weighted by molar-refractivity contribution is 5.88. The minimum absolute atomic E-state index is 0.172. The summed E-state index contributed by atoms with van der Waals surface area (Å²) in [6.07, 6.45) is 3.49. The van der Waals surface area contributed by atoms with Gasteiger partial charge in [-0.2, -0.15) is 5.10 Å². The molecule has 0 aromatic carbocycles. The first kappa shape index (κ1) is 16.8. The molecule has 7 heteroatoms. The highest BCUT2D eigenvalue weighted by atomic mass is 16.2. The number of piperazine rings is 1. The van der Waals surface area contributed by atoms with Gasteiger partial charge in [-0.25, -0.2) is 4.79 Å². The molecular formula is C15H28N6O. The van der Waals surface area contributed by atoms with Gasteiger partial charge < -0.3 is 15.5 Å². The summed E-state index contributed by atoms with van der Waals surface area (Å²) >= 11 is 0. The lowest BCUT2D eigenvalue weighted by molar-refractivity contribution is 0.106. The van der Waals surface area contributed by atoms with Crippen LogP contribution in [0.4, 0.5) is 10.5 Å². The average Bonchev–Trinajstić information content (AvgIpc) is 3.00. The first-order valence-corrected chi connectivity index (χ1v) is 8.16. The van der Waals surface area contributed by atoms with Crippen molar-refractivity contribution in [3.8, 4) is 0 Å². The SMILES string of the molecule is CCN1CCN([C@@H](C)CNC(=O)Nc2cnn(CC)c2)CC1. The fourth-order valence-corrected chi connectivity index (χ4v) is 2.67. The monoisotopic (exact) mass is 308 g/mol. The van der Waals surface area contributed by atoms with Crippen molar-refractivity contribution >= 4 is 11.7 Å². The molecule has 1 saturated heterocycles. The molecule has 0 spiro atoms. The van der Waals surface area contributed by atoms with Crippen molar-refractivity contribution in [3.63, 3.8) is 0 Å². The zero-order chi connectivity index (χ0) is 15.9. The van der Waals surface area contributed by atoms with Crippen molar-refractivity contribution in [1.82, 2.24) is 24.9 Å². The molecule has 2 heterocycles. The summed E-state index contributed by atoms with van der Waals surface area (Å²) in [5.74, 6) is 0. The number of carbonyl (C=O) groups is 1. The van der Waals surface area contributed by atoms with Gasteiger partial charge in [0, 0.05) is 51.5 Å². The number of anilines is 1. The van der Waals surface area contributed by atoms with Crippen LogP contribution in [-0.2, 0) is 6.54 Å². The van der Waals surface area contributed by atoms with E-state index in [2.05, 4.69) is 39.4 Å². The van der Waals surface area contributed by atoms with Crippen LogP contribution < -0.4 is 10.6 Å². The second-order valence-electron chi connectivity index (χ2n) is 5.74. The molecule has 1 atom stereocenters. The number of hydrogen-bond donors (Lipinski definition) is 2. The molecule has 0 bridgehead atoms. The lowest BCUT2D eigenvalue weighted by atomic mass is 10.2. The third kappa shape index (κ3) is 4.71. The summed E-state index contributed by atoms with van der Waals surface area (Å²) in [5, 5.41) is 9.88. The zero-order valence-corrected chi connectivity index (χ0v) is 13.9. The minimum Gasteiger partial charge on any atom is -0.336 e. The number of likely N-dealkylation sites (N-methyl/N-ethyl adjacent to an activating group) is 1. The van der Waals surface area contributed by atoms with Gasteiger partial charge in [-0.1, -0.05) is 6.92 Å². The van der Waals surface area contributed by atoms with E-state index in [0.717, 1.165) is 45.0 Å². The summed E-state index contributed by atoms with van der Waals surface area (Å²) in [7, 11) is 0. The van der Waals surface area contributed by atoms with Gasteiger partial charge in [0.1, 0.15) is 0 Å². The molecule has 0 radical (unpaired) electrons. The van der Waals surface area contributed by atoms with Crippen LogP contribution in [0.25, 0.3) is 0 Å². The van der Waals surface area contributed by atoms with E-state index in [1.807, 2.05) is 13.1 Å². The van der Waals surface area contributed by atoms with Gasteiger partial charge in [-0.05, 0) is 20.4 Å². The number of carbonyl (C=O) groups excluding carboxylic acids is 1. The third-order valence-electron chi connectivity index (χ3n) is 4.25. The maximum Gasteiger partial charge on any atom is 0.319 e. The average molecular weight is 308 g/mol. The van der Waals surface area contributed by atoms with Crippen LogP contribution in [0.15, 0.2) is 12.4 Å². The normalized spacial score (nSPS) is 18.1. The van der Waals surface area contributed by atoms with Crippen molar-refractivity contribution in [2.24, 2.45) is 0 Å². The predicted octanol–water partition coefficient (Wildman–Crippen LogP) is 1.05. The molecule has 7 nitrogen and oxygen atoms in total. The number of rotatable bonds is 6. The van der Waals surface area contributed by atoms with Gasteiger partial charge in [0.2, 0.25) is 0 Å². The van der Waals surface area contributed by atoms with Crippen molar-refractivity contribution in [2.45, 2.75) is 33.4 Å². The molecule has 1 aromatic heterocycles. The Balaban J connectivity index is 1.69. The summed E-state index contributed by atoms with van der Waals surface area (Å²) in [6.45, 7) is 13.3. The van der Waals surface area contributed by atoms with Crippen LogP contribution in [0.5, 0.6) is 0 Å². The third-order valence-corrected chi connectivity index (χ3v) is 4.25. The fraction of sp³-hybridized carbons (Fsp3) is 0.733. The Morgan fingerprint density at radius 1 is 1.27 bits per heavy atom. The lowest BCUT2D eigenvalue weighted by Crippen LogP contribution is -2.52. The minimum atomic E-state index is -0.172. The Morgan fingerprint density at radius 3 is 2.59 bits per heavy atom. The maximum absolute atomic E-state index is 11.9. The highest BCUT2D eigenvalue weighted by Crippen LogP contribution is 2.06. The number of nitrogens with zero attached hydrogens (tertiary/aromatic N) is 4. The molecule has 22 heavy (non-hydrogen) atoms. The Bertz CT molecular complexity index is 466. The van der Waals surface area contributed by atoms with Crippen molar-refractivity contribution in [3.05, 3.63) is 12.4 Å². The smallest absolute Gasteiger partial charge is 0.319 e. The van der Waals surface area contributed by atoms with E-state index in [9.17, 15) is 4.79 Å². The molecule has 0 saturated carbocycles. The highest BCUT2D eigenvalue weighted by Gasteiger charge is 2.20. The van der Waals surface area contributed by atoms with Gasteiger partial charge in [0.05, 0.1) is 11.9 Å². The van der Waals surface area contributed by atoms with Gasteiger partial charge in [0.25, 0.3) is 0 Å². The molecule has 2 N–H and O–H groups in total. The van der Waals surface area contributed by atoms with E-state index >= 15 is 0 Å². The number of urea groups is 1. The van der Waals surface area contributed by atoms with Crippen LogP contribution in [0.3, 0.4) is 0 Å². The van der Waals surface area contributed by atoms with Gasteiger partial charge in [0.15, 0.2) is 0 Å². The first-order valence-electron chi connectivity index (χ1n) is 8.16. The maximum atomic E-state index is 11.9. The lowest BCUT2D eigenvalue weighted by Gasteiger charge is -2.37. The Morgan fingerprint density at radius 2 is 2.00 bits per heavy atom. The zero-order valence-electron chi connectivity index (χ0n) is 13.9. The van der Waals surface area contributed by atoms with Crippen LogP contribution >= 0.6 is 0 Å².